The monoisotopic (exact) mass is 311 g/mol. The van der Waals surface area contributed by atoms with E-state index in [4.69, 9.17) is 9.47 Å². The Balaban J connectivity index is 2.30. The van der Waals surface area contributed by atoms with Gasteiger partial charge >= 0.3 is 5.97 Å². The highest BCUT2D eigenvalue weighted by molar-refractivity contribution is 5.95. The molecule has 3 rings (SSSR count). The fourth-order valence-corrected chi connectivity index (χ4v) is 2.85. The Kier molecular flexibility index (Phi) is 3.93. The maximum Gasteiger partial charge on any atom is 0.307 e. The first kappa shape index (κ1) is 15.0. The van der Waals surface area contributed by atoms with Crippen LogP contribution in [0.1, 0.15) is 5.56 Å². The van der Waals surface area contributed by atoms with Crippen LogP contribution in [0.5, 0.6) is 11.5 Å². The largest absolute Gasteiger partial charge is 0.493 e. The van der Waals surface area contributed by atoms with Crippen molar-refractivity contribution < 1.29 is 19.4 Å². The zero-order valence-corrected chi connectivity index (χ0v) is 12.9. The number of carboxylic acid groups (broad SMARTS) is 1. The van der Waals surface area contributed by atoms with E-state index in [2.05, 4.69) is 4.98 Å². The number of carboxylic acids is 1. The summed E-state index contributed by atoms with van der Waals surface area (Å²) in [7, 11) is 3.14. The van der Waals surface area contributed by atoms with Crippen molar-refractivity contribution in [2.75, 3.05) is 14.2 Å². The summed E-state index contributed by atoms with van der Waals surface area (Å²) >= 11 is 0. The number of benzene rings is 2. The Hall–Kier alpha value is -2.95. The van der Waals surface area contributed by atoms with Crippen molar-refractivity contribution in [1.29, 1.82) is 0 Å². The molecule has 5 heteroatoms. The Morgan fingerprint density at radius 2 is 1.87 bits per heavy atom. The fourth-order valence-electron chi connectivity index (χ4n) is 2.85. The summed E-state index contributed by atoms with van der Waals surface area (Å²) in [4.78, 5) is 14.6. The van der Waals surface area contributed by atoms with Crippen LogP contribution in [-0.4, -0.2) is 30.3 Å². The highest BCUT2D eigenvalue weighted by atomic mass is 16.5. The van der Waals surface area contributed by atoms with E-state index in [0.717, 1.165) is 27.7 Å². The molecule has 2 aromatic carbocycles. The lowest BCUT2D eigenvalue weighted by Gasteiger charge is -2.12. The Bertz CT molecular complexity index is 867. The SMILES string of the molecule is COc1cccc(-c2[nH]c3ccccc3c2CC(=O)O)c1OC. The van der Waals surface area contributed by atoms with Crippen LogP contribution < -0.4 is 9.47 Å². The smallest absolute Gasteiger partial charge is 0.307 e. The summed E-state index contributed by atoms with van der Waals surface area (Å²) in [6, 6.07) is 13.2. The molecule has 23 heavy (non-hydrogen) atoms. The summed E-state index contributed by atoms with van der Waals surface area (Å²) in [5.41, 5.74) is 3.15. The average molecular weight is 311 g/mol. The third-order valence-electron chi connectivity index (χ3n) is 3.81. The Morgan fingerprint density at radius 1 is 1.09 bits per heavy atom. The third kappa shape index (κ3) is 2.61. The van der Waals surface area contributed by atoms with E-state index >= 15 is 0 Å². The molecule has 5 nitrogen and oxygen atoms in total. The predicted octanol–water partition coefficient (Wildman–Crippen LogP) is 3.48. The summed E-state index contributed by atoms with van der Waals surface area (Å²) in [5.74, 6) is 0.302. The van der Waals surface area contributed by atoms with E-state index in [1.807, 2.05) is 42.5 Å². The Labute approximate surface area is 133 Å². The number of hydrogen-bond donors (Lipinski definition) is 2. The minimum atomic E-state index is -0.877. The molecule has 0 saturated carbocycles. The van der Waals surface area contributed by atoms with Crippen LogP contribution in [0.3, 0.4) is 0 Å². The number of rotatable bonds is 5. The molecule has 0 aliphatic rings. The highest BCUT2D eigenvalue weighted by Crippen LogP contribution is 2.40. The first-order valence-electron chi connectivity index (χ1n) is 7.18. The number of fused-ring (bicyclic) bond motifs is 1. The zero-order valence-electron chi connectivity index (χ0n) is 12.9. The normalized spacial score (nSPS) is 10.7. The van der Waals surface area contributed by atoms with Gasteiger partial charge in [0.1, 0.15) is 0 Å². The number of H-pyrrole nitrogens is 1. The van der Waals surface area contributed by atoms with Gasteiger partial charge < -0.3 is 19.6 Å². The summed E-state index contributed by atoms with van der Waals surface area (Å²) in [6.45, 7) is 0. The van der Waals surface area contributed by atoms with E-state index in [-0.39, 0.29) is 6.42 Å². The van der Waals surface area contributed by atoms with Gasteiger partial charge in [-0.25, -0.2) is 0 Å². The molecule has 0 aliphatic heterocycles. The van der Waals surface area contributed by atoms with Gasteiger partial charge in [-0.05, 0) is 23.8 Å². The molecule has 1 heterocycles. The number of aromatic nitrogens is 1. The topological polar surface area (TPSA) is 71.6 Å². The van der Waals surface area contributed by atoms with Gasteiger partial charge in [-0.3, -0.25) is 4.79 Å². The van der Waals surface area contributed by atoms with Gasteiger partial charge in [0, 0.05) is 16.5 Å². The van der Waals surface area contributed by atoms with Gasteiger partial charge in [0.05, 0.1) is 26.3 Å². The lowest BCUT2D eigenvalue weighted by Crippen LogP contribution is -2.01. The van der Waals surface area contributed by atoms with Gasteiger partial charge in [-0.15, -0.1) is 0 Å². The van der Waals surface area contributed by atoms with E-state index in [1.54, 1.807) is 14.2 Å². The van der Waals surface area contributed by atoms with Gasteiger partial charge in [0.15, 0.2) is 11.5 Å². The van der Waals surface area contributed by atoms with Crippen LogP contribution in [0, 0.1) is 0 Å². The van der Waals surface area contributed by atoms with Crippen LogP contribution in [0.15, 0.2) is 42.5 Å². The molecule has 0 fully saturated rings. The first-order valence-corrected chi connectivity index (χ1v) is 7.18. The number of para-hydroxylation sites is 2. The molecule has 0 bridgehead atoms. The second kappa shape index (κ2) is 6.04. The third-order valence-corrected chi connectivity index (χ3v) is 3.81. The minimum absolute atomic E-state index is 0.0697. The number of nitrogens with one attached hydrogen (secondary N) is 1. The lowest BCUT2D eigenvalue weighted by atomic mass is 10.0. The average Bonchev–Trinajstić information content (AvgIpc) is 2.92. The number of hydrogen-bond acceptors (Lipinski definition) is 3. The fraction of sp³-hybridized carbons (Fsp3) is 0.167. The molecule has 0 saturated heterocycles. The van der Waals surface area contributed by atoms with Crippen molar-refractivity contribution in [2.45, 2.75) is 6.42 Å². The molecule has 2 N–H and O–H groups in total. The molecule has 1 aromatic heterocycles. The van der Waals surface area contributed by atoms with Crippen molar-refractivity contribution in [1.82, 2.24) is 4.98 Å². The molecule has 3 aromatic rings. The number of aliphatic carboxylic acids is 1. The van der Waals surface area contributed by atoms with Crippen LogP contribution >= 0.6 is 0 Å². The molecule has 0 spiro atoms. The molecular formula is C18H17NO4. The molecule has 0 radical (unpaired) electrons. The van der Waals surface area contributed by atoms with Crippen molar-refractivity contribution in [3.63, 3.8) is 0 Å². The van der Waals surface area contributed by atoms with E-state index in [0.29, 0.717) is 11.5 Å². The number of ether oxygens (including phenoxy) is 2. The summed E-state index contributed by atoms with van der Waals surface area (Å²) in [5, 5.41) is 10.2. The summed E-state index contributed by atoms with van der Waals surface area (Å²) < 4.78 is 10.8. The molecular weight excluding hydrogens is 294 g/mol. The van der Waals surface area contributed by atoms with Gasteiger partial charge in [0.2, 0.25) is 0 Å². The summed E-state index contributed by atoms with van der Waals surface area (Å²) in [6.07, 6.45) is -0.0697. The van der Waals surface area contributed by atoms with E-state index in [9.17, 15) is 9.90 Å². The predicted molar refractivity (Wildman–Crippen MR) is 88.2 cm³/mol. The standard InChI is InChI=1S/C18H17NO4/c1-22-15-9-5-7-12(18(15)23-2)17-13(10-16(20)21)11-6-3-4-8-14(11)19-17/h3-9,19H,10H2,1-2H3,(H,20,21). The van der Waals surface area contributed by atoms with Crippen molar-refractivity contribution in [3.05, 3.63) is 48.0 Å². The Morgan fingerprint density at radius 3 is 2.57 bits per heavy atom. The molecule has 0 amide bonds. The van der Waals surface area contributed by atoms with E-state index < -0.39 is 5.97 Å². The minimum Gasteiger partial charge on any atom is -0.493 e. The first-order chi connectivity index (χ1) is 11.2. The van der Waals surface area contributed by atoms with Crippen LogP contribution in [0.2, 0.25) is 0 Å². The van der Waals surface area contributed by atoms with Gasteiger partial charge in [-0.1, -0.05) is 24.3 Å². The molecule has 0 atom stereocenters. The van der Waals surface area contributed by atoms with Crippen molar-refractivity contribution >= 4 is 16.9 Å². The van der Waals surface area contributed by atoms with Crippen LogP contribution in [-0.2, 0) is 11.2 Å². The molecule has 0 unspecified atom stereocenters. The van der Waals surface area contributed by atoms with Crippen LogP contribution in [0.25, 0.3) is 22.2 Å². The number of methoxy groups -OCH3 is 2. The van der Waals surface area contributed by atoms with E-state index in [1.165, 1.54) is 0 Å². The van der Waals surface area contributed by atoms with Crippen molar-refractivity contribution in [3.8, 4) is 22.8 Å². The highest BCUT2D eigenvalue weighted by Gasteiger charge is 2.20. The maximum absolute atomic E-state index is 11.3. The van der Waals surface area contributed by atoms with Crippen molar-refractivity contribution in [2.24, 2.45) is 0 Å². The van der Waals surface area contributed by atoms with Crippen LogP contribution in [0.4, 0.5) is 0 Å². The lowest BCUT2D eigenvalue weighted by molar-refractivity contribution is -0.136. The molecule has 118 valence electrons. The zero-order chi connectivity index (χ0) is 16.4. The van der Waals surface area contributed by atoms with Gasteiger partial charge in [0.25, 0.3) is 0 Å². The second-order valence-corrected chi connectivity index (χ2v) is 5.14. The quantitative estimate of drug-likeness (QED) is 0.756. The number of aromatic amines is 1. The number of carbonyl (C=O) groups is 1. The van der Waals surface area contributed by atoms with Gasteiger partial charge in [-0.2, -0.15) is 0 Å². The maximum atomic E-state index is 11.3. The molecule has 0 aliphatic carbocycles. The second-order valence-electron chi connectivity index (χ2n) is 5.14.